The van der Waals surface area contributed by atoms with Crippen molar-refractivity contribution in [1.29, 1.82) is 0 Å². The maximum Gasteiger partial charge on any atom is 0.333 e. The zero-order chi connectivity index (χ0) is 26.4. The van der Waals surface area contributed by atoms with Gasteiger partial charge in [0.1, 0.15) is 11.4 Å². The van der Waals surface area contributed by atoms with Gasteiger partial charge in [-0.3, -0.25) is 0 Å². The number of aromatic hydroxyl groups is 1. The third-order valence-electron chi connectivity index (χ3n) is 7.84. The van der Waals surface area contributed by atoms with Gasteiger partial charge in [-0.2, -0.15) is 0 Å². The third-order valence-corrected chi connectivity index (χ3v) is 7.84. The van der Waals surface area contributed by atoms with Crippen LogP contribution in [0.25, 0.3) is 12.2 Å². The molecule has 0 amide bonds. The van der Waals surface area contributed by atoms with Gasteiger partial charge < -0.3 is 9.84 Å². The first-order chi connectivity index (χ1) is 17.7. The molecule has 2 aromatic rings. The Labute approximate surface area is 223 Å². The summed E-state index contributed by atoms with van der Waals surface area (Å²) in [5.41, 5.74) is 4.10. The second-order valence-corrected chi connectivity index (χ2v) is 11.9. The van der Waals surface area contributed by atoms with Crippen LogP contribution in [0.3, 0.4) is 0 Å². The van der Waals surface area contributed by atoms with E-state index in [-0.39, 0.29) is 11.6 Å². The van der Waals surface area contributed by atoms with Crippen molar-refractivity contribution in [2.24, 2.45) is 23.7 Å². The molecule has 0 radical (unpaired) electrons. The molecule has 196 valence electrons. The van der Waals surface area contributed by atoms with Crippen LogP contribution in [0.4, 0.5) is 0 Å². The molecular weight excluding hydrogens is 456 g/mol. The summed E-state index contributed by atoms with van der Waals surface area (Å²) in [7, 11) is 0. The van der Waals surface area contributed by atoms with E-state index in [1.807, 2.05) is 30.4 Å². The van der Waals surface area contributed by atoms with E-state index in [2.05, 4.69) is 50.8 Å². The predicted molar refractivity (Wildman–Crippen MR) is 153 cm³/mol. The number of allylic oxidation sites excluding steroid dienone is 2. The molecule has 4 saturated carbocycles. The second kappa shape index (κ2) is 12.0. The number of esters is 1. The summed E-state index contributed by atoms with van der Waals surface area (Å²) in [5.74, 6) is 3.28. The first kappa shape index (κ1) is 27.0. The minimum absolute atomic E-state index is 0.106. The van der Waals surface area contributed by atoms with Gasteiger partial charge in [-0.15, -0.1) is 0 Å². The van der Waals surface area contributed by atoms with Crippen LogP contribution < -0.4 is 0 Å². The number of rotatable bonds is 7. The van der Waals surface area contributed by atoms with Gasteiger partial charge in [-0.25, -0.2) is 4.79 Å². The fraction of sp³-hybridized carbons (Fsp3) is 0.441. The average molecular weight is 499 g/mol. The van der Waals surface area contributed by atoms with E-state index in [1.165, 1.54) is 30.4 Å². The van der Waals surface area contributed by atoms with Crippen LogP contribution in [-0.4, -0.2) is 16.7 Å². The van der Waals surface area contributed by atoms with E-state index in [4.69, 9.17) is 4.74 Å². The van der Waals surface area contributed by atoms with Gasteiger partial charge in [-0.05, 0) is 104 Å². The molecule has 0 aliphatic heterocycles. The molecule has 0 saturated heterocycles. The SMILES string of the molecule is C=C(C)C(=O)OC12CC3CC(CC(C3)C1)C2.CC(C)Cc1ccc(C=CC=Cc2ccc(O)cc2)cc1. The number of carbonyl (C=O) groups excluding carboxylic acids is 1. The van der Waals surface area contributed by atoms with Gasteiger partial charge in [0.15, 0.2) is 0 Å². The Morgan fingerprint density at radius 2 is 1.38 bits per heavy atom. The highest BCUT2D eigenvalue weighted by Gasteiger charge is 2.53. The van der Waals surface area contributed by atoms with E-state index >= 15 is 0 Å². The van der Waals surface area contributed by atoms with E-state index in [1.54, 1.807) is 19.1 Å². The first-order valence-corrected chi connectivity index (χ1v) is 13.8. The first-order valence-electron chi connectivity index (χ1n) is 13.8. The van der Waals surface area contributed by atoms with E-state index in [9.17, 15) is 9.90 Å². The number of benzene rings is 2. The van der Waals surface area contributed by atoms with E-state index in [0.29, 0.717) is 17.2 Å². The lowest BCUT2D eigenvalue weighted by Crippen LogP contribution is -2.52. The number of ether oxygens (including phenoxy) is 1. The van der Waals surface area contributed by atoms with Crippen molar-refractivity contribution in [2.75, 3.05) is 0 Å². The number of hydrogen-bond acceptors (Lipinski definition) is 3. The summed E-state index contributed by atoms with van der Waals surface area (Å²) >= 11 is 0. The van der Waals surface area contributed by atoms with Crippen molar-refractivity contribution < 1.29 is 14.6 Å². The fourth-order valence-electron chi connectivity index (χ4n) is 6.59. The maximum atomic E-state index is 11.7. The van der Waals surface area contributed by atoms with Crippen LogP contribution in [-0.2, 0) is 16.0 Å². The summed E-state index contributed by atoms with van der Waals surface area (Å²) in [6, 6.07) is 15.9. The molecule has 37 heavy (non-hydrogen) atoms. The predicted octanol–water partition coefficient (Wildman–Crippen LogP) is 8.39. The zero-order valence-electron chi connectivity index (χ0n) is 22.7. The van der Waals surface area contributed by atoms with Crippen LogP contribution in [0.15, 0.2) is 72.8 Å². The summed E-state index contributed by atoms with van der Waals surface area (Å²) in [4.78, 5) is 11.7. The van der Waals surface area contributed by atoms with E-state index in [0.717, 1.165) is 49.0 Å². The molecule has 3 nitrogen and oxygen atoms in total. The van der Waals surface area contributed by atoms with Gasteiger partial charge >= 0.3 is 5.97 Å². The number of carbonyl (C=O) groups is 1. The van der Waals surface area contributed by atoms with Crippen molar-refractivity contribution in [3.8, 4) is 5.75 Å². The highest BCUT2D eigenvalue weighted by atomic mass is 16.6. The Bertz CT molecular complexity index is 1080. The van der Waals surface area contributed by atoms with Crippen molar-refractivity contribution >= 4 is 18.1 Å². The molecule has 2 aromatic carbocycles. The van der Waals surface area contributed by atoms with Crippen molar-refractivity contribution in [3.63, 3.8) is 0 Å². The molecule has 1 N–H and O–H groups in total. The summed E-state index contributed by atoms with van der Waals surface area (Å²) in [5, 5.41) is 9.22. The zero-order valence-corrected chi connectivity index (χ0v) is 22.7. The molecule has 4 aliphatic rings. The lowest BCUT2D eigenvalue weighted by atomic mass is 9.54. The largest absolute Gasteiger partial charge is 0.508 e. The molecule has 4 bridgehead atoms. The van der Waals surface area contributed by atoms with E-state index < -0.39 is 0 Å². The van der Waals surface area contributed by atoms with Crippen LogP contribution in [0, 0.1) is 23.7 Å². The smallest absolute Gasteiger partial charge is 0.333 e. The molecule has 3 heteroatoms. The van der Waals surface area contributed by atoms with Crippen LogP contribution in [0.5, 0.6) is 5.75 Å². The standard InChI is InChI=1S/C20H22O.C14H20O2/c1-16(2)15-19-9-7-17(8-10-19)5-3-4-6-18-11-13-20(21)14-12-18;1-9(2)13(15)16-14-6-10-3-11(7-14)5-12(4-10)8-14/h3-14,16,21H,15H2,1-2H3;10-12H,1,3-8H2,2H3. The highest BCUT2D eigenvalue weighted by Crippen LogP contribution is 2.57. The quantitative estimate of drug-likeness (QED) is 0.237. The Kier molecular flexibility index (Phi) is 8.74. The molecule has 4 aliphatic carbocycles. The van der Waals surface area contributed by atoms with Gasteiger partial charge in [0.25, 0.3) is 0 Å². The van der Waals surface area contributed by atoms with Gasteiger partial charge in [0.2, 0.25) is 0 Å². The summed E-state index contributed by atoms with van der Waals surface area (Å²) < 4.78 is 5.77. The number of phenolic OH excluding ortho intramolecular Hbond substituents is 1. The molecule has 0 atom stereocenters. The summed E-state index contributed by atoms with van der Waals surface area (Å²) in [6.45, 7) is 9.89. The normalized spacial score (nSPS) is 25.9. The van der Waals surface area contributed by atoms with Crippen LogP contribution in [0.1, 0.15) is 76.0 Å². The highest BCUT2D eigenvalue weighted by molar-refractivity contribution is 5.87. The minimum Gasteiger partial charge on any atom is -0.508 e. The van der Waals surface area contributed by atoms with Crippen molar-refractivity contribution in [3.05, 3.63) is 89.5 Å². The summed E-state index contributed by atoms with van der Waals surface area (Å²) in [6.07, 6.45) is 16.7. The third kappa shape index (κ3) is 7.71. The second-order valence-electron chi connectivity index (χ2n) is 11.9. The average Bonchev–Trinajstić information content (AvgIpc) is 2.83. The van der Waals surface area contributed by atoms with Crippen molar-refractivity contribution in [2.45, 2.75) is 71.3 Å². The Morgan fingerprint density at radius 3 is 1.81 bits per heavy atom. The van der Waals surface area contributed by atoms with Crippen molar-refractivity contribution in [1.82, 2.24) is 0 Å². The lowest BCUT2D eigenvalue weighted by Gasteiger charge is -2.55. The lowest BCUT2D eigenvalue weighted by molar-refractivity contribution is -0.182. The minimum atomic E-state index is -0.179. The Morgan fingerprint density at radius 1 is 0.919 bits per heavy atom. The number of hydrogen-bond donors (Lipinski definition) is 1. The molecule has 0 unspecified atom stereocenters. The maximum absolute atomic E-state index is 11.7. The molecule has 0 aromatic heterocycles. The molecule has 4 fully saturated rings. The molecule has 0 spiro atoms. The van der Waals surface area contributed by atoms with Crippen LogP contribution in [0.2, 0.25) is 0 Å². The van der Waals surface area contributed by atoms with Gasteiger partial charge in [0, 0.05) is 5.57 Å². The molecular formula is C34H42O3. The fourth-order valence-corrected chi connectivity index (χ4v) is 6.59. The molecule has 0 heterocycles. The van der Waals surface area contributed by atoms with Gasteiger partial charge in [0.05, 0.1) is 0 Å². The Balaban J connectivity index is 0.000000179. The van der Waals surface area contributed by atoms with Gasteiger partial charge in [-0.1, -0.05) is 81.1 Å². The Hall–Kier alpha value is -3.07. The molecule has 6 rings (SSSR count). The number of phenols is 1. The monoisotopic (exact) mass is 498 g/mol. The van der Waals surface area contributed by atoms with Crippen LogP contribution >= 0.6 is 0 Å². The topological polar surface area (TPSA) is 46.5 Å².